The van der Waals surface area contributed by atoms with E-state index in [1.165, 1.54) is 30.6 Å². The van der Waals surface area contributed by atoms with Crippen molar-refractivity contribution in [1.29, 1.82) is 0 Å². The highest BCUT2D eigenvalue weighted by molar-refractivity contribution is 5.79. The molecule has 10 heteroatoms. The van der Waals surface area contributed by atoms with Gasteiger partial charge in [0.05, 0.1) is 18.3 Å². The number of carbonyl (C=O) groups is 1. The number of nitrogens with zero attached hydrogens (tertiary/aromatic N) is 2. The maximum Gasteiger partial charge on any atom is 0.423 e. The maximum atomic E-state index is 13.6. The van der Waals surface area contributed by atoms with Crippen LogP contribution in [0.5, 0.6) is 0 Å². The highest BCUT2D eigenvalue weighted by Crippen LogP contribution is 2.39. The van der Waals surface area contributed by atoms with Gasteiger partial charge in [-0.05, 0) is 43.2 Å². The summed E-state index contributed by atoms with van der Waals surface area (Å²) in [4.78, 5) is 24.2. The van der Waals surface area contributed by atoms with Gasteiger partial charge in [0, 0.05) is 17.5 Å². The minimum absolute atomic E-state index is 0.0958. The van der Waals surface area contributed by atoms with Crippen molar-refractivity contribution in [2.45, 2.75) is 43.5 Å². The second-order valence-electron chi connectivity index (χ2n) is 8.58. The zero-order valence-electron chi connectivity index (χ0n) is 17.8. The lowest BCUT2D eigenvalue weighted by molar-refractivity contribution is -0.264. The largest absolute Gasteiger partial charge is 0.423 e. The summed E-state index contributed by atoms with van der Waals surface area (Å²) in [6.07, 6.45) is 0.598. The standard InChI is InChI=1S/C23H26F3N5O2/c24-23(25,26)22(33,16-4-2-1-3-5-16)12-29-21(32)15-8-6-14(7-9-15)18(27)19-17-10-11-28-20(17)31-13-30-19/h1-5,10-11,13-15,18,33H,6-9,12,27H2,(H,29,32)(H,28,30,31). The Hall–Kier alpha value is -2.98. The van der Waals surface area contributed by atoms with Crippen molar-refractivity contribution in [2.75, 3.05) is 6.54 Å². The van der Waals surface area contributed by atoms with E-state index >= 15 is 0 Å². The Morgan fingerprint density at radius 1 is 1.15 bits per heavy atom. The summed E-state index contributed by atoms with van der Waals surface area (Å²) in [7, 11) is 0. The molecule has 0 spiro atoms. The smallest absolute Gasteiger partial charge is 0.375 e. The number of H-pyrrole nitrogens is 1. The molecule has 1 fully saturated rings. The Bertz CT molecular complexity index is 1100. The van der Waals surface area contributed by atoms with Gasteiger partial charge >= 0.3 is 6.18 Å². The number of benzene rings is 1. The number of aliphatic hydroxyl groups is 1. The molecule has 2 atom stereocenters. The van der Waals surface area contributed by atoms with Gasteiger partial charge in [-0.25, -0.2) is 9.97 Å². The highest BCUT2D eigenvalue weighted by Gasteiger charge is 2.55. The fourth-order valence-corrected chi connectivity index (χ4v) is 4.56. The zero-order chi connectivity index (χ0) is 23.6. The van der Waals surface area contributed by atoms with Crippen LogP contribution in [-0.2, 0) is 10.4 Å². The molecule has 176 valence electrons. The molecule has 1 aromatic carbocycles. The summed E-state index contributed by atoms with van der Waals surface area (Å²) in [5.41, 5.74) is 4.47. The van der Waals surface area contributed by atoms with E-state index in [2.05, 4.69) is 20.3 Å². The van der Waals surface area contributed by atoms with Crippen molar-refractivity contribution < 1.29 is 23.1 Å². The van der Waals surface area contributed by atoms with E-state index in [4.69, 9.17) is 5.73 Å². The topological polar surface area (TPSA) is 117 Å². The molecule has 1 saturated carbocycles. The van der Waals surface area contributed by atoms with Crippen molar-refractivity contribution >= 4 is 16.9 Å². The maximum absolute atomic E-state index is 13.6. The molecular weight excluding hydrogens is 435 g/mol. The van der Waals surface area contributed by atoms with E-state index in [0.717, 1.165) is 11.1 Å². The Kier molecular flexibility index (Phi) is 6.40. The fraction of sp³-hybridized carbons (Fsp3) is 0.435. The van der Waals surface area contributed by atoms with E-state index in [9.17, 15) is 23.1 Å². The van der Waals surface area contributed by atoms with Crippen LogP contribution in [0.25, 0.3) is 11.0 Å². The molecule has 2 heterocycles. The van der Waals surface area contributed by atoms with Crippen LogP contribution in [0, 0.1) is 11.8 Å². The van der Waals surface area contributed by atoms with Crippen LogP contribution in [0.1, 0.15) is 43.0 Å². The molecule has 3 aromatic rings. The predicted octanol–water partition coefficient (Wildman–Crippen LogP) is 3.33. The van der Waals surface area contributed by atoms with Crippen molar-refractivity contribution in [3.8, 4) is 0 Å². The number of nitrogens with two attached hydrogens (primary N) is 1. The first-order valence-electron chi connectivity index (χ1n) is 10.9. The molecule has 1 aliphatic rings. The van der Waals surface area contributed by atoms with Crippen LogP contribution < -0.4 is 11.1 Å². The average Bonchev–Trinajstić information content (AvgIpc) is 3.31. The first kappa shape index (κ1) is 23.2. The Balaban J connectivity index is 1.37. The number of fused-ring (bicyclic) bond motifs is 1. The van der Waals surface area contributed by atoms with Crippen LogP contribution in [0.15, 0.2) is 48.9 Å². The van der Waals surface area contributed by atoms with Crippen molar-refractivity contribution in [3.05, 3.63) is 60.2 Å². The lowest BCUT2D eigenvalue weighted by atomic mass is 9.77. The Labute approximate surface area is 188 Å². The van der Waals surface area contributed by atoms with Crippen LogP contribution >= 0.6 is 0 Å². The van der Waals surface area contributed by atoms with Gasteiger partial charge in [0.1, 0.15) is 12.0 Å². The van der Waals surface area contributed by atoms with E-state index in [1.807, 2.05) is 6.07 Å². The molecule has 1 aliphatic carbocycles. The van der Waals surface area contributed by atoms with Gasteiger partial charge in [0.15, 0.2) is 0 Å². The van der Waals surface area contributed by atoms with Gasteiger partial charge in [-0.1, -0.05) is 30.3 Å². The summed E-state index contributed by atoms with van der Waals surface area (Å²) >= 11 is 0. The summed E-state index contributed by atoms with van der Waals surface area (Å²) < 4.78 is 40.9. The quantitative estimate of drug-likeness (QED) is 0.449. The van der Waals surface area contributed by atoms with Crippen LogP contribution in [0.3, 0.4) is 0 Å². The third kappa shape index (κ3) is 4.58. The van der Waals surface area contributed by atoms with Crippen LogP contribution in [-0.4, -0.2) is 38.7 Å². The lowest BCUT2D eigenvalue weighted by Crippen LogP contribution is -2.52. The number of hydrogen-bond acceptors (Lipinski definition) is 5. The van der Waals surface area contributed by atoms with Gasteiger partial charge in [-0.15, -0.1) is 0 Å². The van der Waals surface area contributed by atoms with Gasteiger partial charge in [-0.2, -0.15) is 13.2 Å². The molecule has 0 saturated heterocycles. The average molecular weight is 461 g/mol. The molecular formula is C23H26F3N5O2. The summed E-state index contributed by atoms with van der Waals surface area (Å²) in [6, 6.07) is 8.32. The van der Waals surface area contributed by atoms with E-state index in [0.29, 0.717) is 31.3 Å². The third-order valence-electron chi connectivity index (χ3n) is 6.59. The highest BCUT2D eigenvalue weighted by atomic mass is 19.4. The van der Waals surface area contributed by atoms with E-state index < -0.39 is 30.1 Å². The molecule has 33 heavy (non-hydrogen) atoms. The summed E-state index contributed by atoms with van der Waals surface area (Å²) in [5.74, 6) is -0.825. The second-order valence-corrected chi connectivity index (χ2v) is 8.58. The predicted molar refractivity (Wildman–Crippen MR) is 116 cm³/mol. The van der Waals surface area contributed by atoms with Gasteiger partial charge in [0.2, 0.25) is 11.5 Å². The molecule has 1 amide bonds. The third-order valence-corrected chi connectivity index (χ3v) is 6.59. The first-order valence-corrected chi connectivity index (χ1v) is 10.9. The monoisotopic (exact) mass is 461 g/mol. The van der Waals surface area contributed by atoms with Crippen LogP contribution in [0.2, 0.25) is 0 Å². The van der Waals surface area contributed by atoms with Crippen molar-refractivity contribution in [3.63, 3.8) is 0 Å². The first-order chi connectivity index (χ1) is 15.7. The normalized spacial score (nSPS) is 22.0. The number of amides is 1. The van der Waals surface area contributed by atoms with E-state index in [-0.39, 0.29) is 17.5 Å². The molecule has 2 aromatic heterocycles. The SMILES string of the molecule is NC(c1ncnc2[nH]ccc12)C1CCC(C(=O)NCC(O)(c2ccccc2)C(F)(F)F)CC1. The summed E-state index contributed by atoms with van der Waals surface area (Å²) in [5, 5.41) is 13.6. The molecule has 4 rings (SSSR count). The molecule has 0 radical (unpaired) electrons. The number of aromatic nitrogens is 3. The lowest BCUT2D eigenvalue weighted by Gasteiger charge is -2.34. The number of aromatic amines is 1. The molecule has 2 unspecified atom stereocenters. The molecule has 5 N–H and O–H groups in total. The number of halogens is 3. The van der Waals surface area contributed by atoms with E-state index in [1.54, 1.807) is 12.3 Å². The van der Waals surface area contributed by atoms with Crippen LogP contribution in [0.4, 0.5) is 13.2 Å². The number of alkyl halides is 3. The number of nitrogens with one attached hydrogen (secondary N) is 2. The molecule has 7 nitrogen and oxygen atoms in total. The molecule has 0 aliphatic heterocycles. The van der Waals surface area contributed by atoms with Gasteiger partial charge in [-0.3, -0.25) is 4.79 Å². The Morgan fingerprint density at radius 3 is 2.52 bits per heavy atom. The minimum atomic E-state index is -4.94. The van der Waals surface area contributed by atoms with Gasteiger partial charge < -0.3 is 21.1 Å². The van der Waals surface area contributed by atoms with Crippen molar-refractivity contribution in [1.82, 2.24) is 20.3 Å². The zero-order valence-corrected chi connectivity index (χ0v) is 17.8. The number of carbonyl (C=O) groups excluding carboxylic acids is 1. The minimum Gasteiger partial charge on any atom is -0.375 e. The Morgan fingerprint density at radius 2 is 1.85 bits per heavy atom. The summed E-state index contributed by atoms with van der Waals surface area (Å²) in [6.45, 7) is -0.939. The van der Waals surface area contributed by atoms with Gasteiger partial charge in [0.25, 0.3) is 0 Å². The fourth-order valence-electron chi connectivity index (χ4n) is 4.56. The number of rotatable bonds is 6. The second kappa shape index (κ2) is 9.11. The number of hydrogen-bond donors (Lipinski definition) is 4. The van der Waals surface area contributed by atoms with Crippen molar-refractivity contribution in [2.24, 2.45) is 17.6 Å². The molecule has 0 bridgehead atoms.